The van der Waals surface area contributed by atoms with Crippen LogP contribution in [-0.4, -0.2) is 41.5 Å². The van der Waals surface area contributed by atoms with Gasteiger partial charge >= 0.3 is 0 Å². The number of hydrazone groups is 1. The van der Waals surface area contributed by atoms with E-state index in [1.165, 1.54) is 5.01 Å². The molecule has 0 aliphatic carbocycles. The van der Waals surface area contributed by atoms with Gasteiger partial charge in [0.05, 0.1) is 23.5 Å². The number of hydrogen-bond donors (Lipinski definition) is 2. The zero-order chi connectivity index (χ0) is 23.5. The highest BCUT2D eigenvalue weighted by Gasteiger charge is 2.27. The molecular weight excluding hydrogens is 420 g/mol. The Labute approximate surface area is 192 Å². The topological polar surface area (TPSA) is 121 Å². The lowest BCUT2D eigenvalue weighted by Crippen LogP contribution is -2.41. The molecule has 1 atom stereocenters. The summed E-state index contributed by atoms with van der Waals surface area (Å²) in [6, 6.07) is 9.38. The van der Waals surface area contributed by atoms with Crippen LogP contribution in [0.4, 0.5) is 17.2 Å². The SMILES string of the molecule is Cc1ccc(C)c(N2N=C(C(=O)Nc3ccc(N4CCCC(C(N)=O)C4)nc3)CCC2=O)c1. The minimum absolute atomic E-state index is 0.137. The van der Waals surface area contributed by atoms with Crippen LogP contribution in [0.15, 0.2) is 41.6 Å². The number of nitrogens with one attached hydrogen (secondary N) is 1. The van der Waals surface area contributed by atoms with Crippen LogP contribution in [0.1, 0.15) is 36.8 Å². The summed E-state index contributed by atoms with van der Waals surface area (Å²) in [7, 11) is 0. The molecule has 33 heavy (non-hydrogen) atoms. The summed E-state index contributed by atoms with van der Waals surface area (Å²) >= 11 is 0. The third kappa shape index (κ3) is 5.02. The van der Waals surface area contributed by atoms with Gasteiger partial charge in [-0.25, -0.2) is 9.99 Å². The van der Waals surface area contributed by atoms with Crippen molar-refractivity contribution in [3.05, 3.63) is 47.7 Å². The number of primary amides is 1. The van der Waals surface area contributed by atoms with Crippen LogP contribution in [-0.2, 0) is 14.4 Å². The van der Waals surface area contributed by atoms with Gasteiger partial charge in [0.25, 0.3) is 5.91 Å². The summed E-state index contributed by atoms with van der Waals surface area (Å²) in [6.45, 7) is 5.21. The minimum atomic E-state index is -0.362. The molecule has 3 N–H and O–H groups in total. The van der Waals surface area contributed by atoms with Crippen LogP contribution in [0.25, 0.3) is 0 Å². The molecule has 4 rings (SSSR count). The van der Waals surface area contributed by atoms with Gasteiger partial charge < -0.3 is 16.0 Å². The van der Waals surface area contributed by atoms with Gasteiger partial charge in [0.15, 0.2) is 0 Å². The molecule has 1 fully saturated rings. The molecule has 3 heterocycles. The molecule has 3 amide bonds. The highest BCUT2D eigenvalue weighted by atomic mass is 16.2. The van der Waals surface area contributed by atoms with Gasteiger partial charge in [-0.3, -0.25) is 14.4 Å². The molecule has 9 nitrogen and oxygen atoms in total. The van der Waals surface area contributed by atoms with Crippen LogP contribution in [0.5, 0.6) is 0 Å². The third-order valence-corrected chi connectivity index (χ3v) is 6.04. The van der Waals surface area contributed by atoms with Gasteiger partial charge in [0.2, 0.25) is 11.8 Å². The van der Waals surface area contributed by atoms with Gasteiger partial charge in [0.1, 0.15) is 11.5 Å². The van der Waals surface area contributed by atoms with Gasteiger partial charge in [-0.05, 0) is 56.0 Å². The molecule has 0 radical (unpaired) electrons. The van der Waals surface area contributed by atoms with Crippen molar-refractivity contribution in [2.45, 2.75) is 39.5 Å². The largest absolute Gasteiger partial charge is 0.369 e. The first-order valence-corrected chi connectivity index (χ1v) is 11.1. The maximum absolute atomic E-state index is 12.8. The Hall–Kier alpha value is -3.75. The number of rotatable bonds is 5. The van der Waals surface area contributed by atoms with E-state index in [0.29, 0.717) is 23.6 Å². The number of anilines is 3. The first-order chi connectivity index (χ1) is 15.8. The Morgan fingerprint density at radius 3 is 2.70 bits per heavy atom. The fourth-order valence-electron chi connectivity index (χ4n) is 4.12. The molecule has 0 bridgehead atoms. The van der Waals surface area contributed by atoms with E-state index in [4.69, 9.17) is 5.73 Å². The molecule has 1 aromatic heterocycles. The number of piperidine rings is 1. The number of aryl methyl sites for hydroxylation is 2. The smallest absolute Gasteiger partial charge is 0.271 e. The third-order valence-electron chi connectivity index (χ3n) is 6.04. The molecule has 0 saturated carbocycles. The number of hydrogen-bond acceptors (Lipinski definition) is 6. The average Bonchev–Trinajstić information content (AvgIpc) is 2.81. The standard InChI is InChI=1S/C24H28N6O3/c1-15-5-6-16(2)20(12-15)30-22(31)10-8-19(28-30)24(33)27-18-7-9-21(26-13-18)29-11-3-4-17(14-29)23(25)32/h5-7,9,12-13,17H,3-4,8,10-11,14H2,1-2H3,(H2,25,32)(H,27,33). The summed E-state index contributed by atoms with van der Waals surface area (Å²) in [5.74, 6) is -0.223. The van der Waals surface area contributed by atoms with Crippen molar-refractivity contribution in [2.75, 3.05) is 28.3 Å². The second-order valence-corrected chi connectivity index (χ2v) is 8.59. The lowest BCUT2D eigenvalue weighted by atomic mass is 9.97. The summed E-state index contributed by atoms with van der Waals surface area (Å²) in [5, 5.41) is 8.51. The van der Waals surface area contributed by atoms with E-state index in [9.17, 15) is 14.4 Å². The van der Waals surface area contributed by atoms with Crippen LogP contribution in [0, 0.1) is 19.8 Å². The number of benzene rings is 1. The fraction of sp³-hybridized carbons (Fsp3) is 0.375. The Balaban J connectivity index is 1.46. The van der Waals surface area contributed by atoms with Crippen molar-refractivity contribution < 1.29 is 14.4 Å². The van der Waals surface area contributed by atoms with Gasteiger partial charge in [-0.1, -0.05) is 12.1 Å². The first-order valence-electron chi connectivity index (χ1n) is 11.1. The van der Waals surface area contributed by atoms with E-state index < -0.39 is 0 Å². The highest BCUT2D eigenvalue weighted by Crippen LogP contribution is 2.26. The zero-order valence-electron chi connectivity index (χ0n) is 18.9. The van der Waals surface area contributed by atoms with E-state index in [-0.39, 0.29) is 36.5 Å². The molecule has 1 aromatic carbocycles. The number of nitrogens with two attached hydrogens (primary N) is 1. The van der Waals surface area contributed by atoms with Crippen LogP contribution < -0.4 is 21.0 Å². The first kappa shape index (κ1) is 22.4. The molecule has 2 aromatic rings. The summed E-state index contributed by atoms with van der Waals surface area (Å²) < 4.78 is 0. The average molecular weight is 449 g/mol. The molecule has 1 unspecified atom stereocenters. The lowest BCUT2D eigenvalue weighted by Gasteiger charge is -2.32. The van der Waals surface area contributed by atoms with E-state index in [1.54, 1.807) is 12.3 Å². The van der Waals surface area contributed by atoms with Crippen molar-refractivity contribution in [2.24, 2.45) is 16.8 Å². The minimum Gasteiger partial charge on any atom is -0.369 e. The maximum Gasteiger partial charge on any atom is 0.271 e. The Morgan fingerprint density at radius 1 is 1.15 bits per heavy atom. The second kappa shape index (κ2) is 9.40. The van der Waals surface area contributed by atoms with Crippen LogP contribution in [0.3, 0.4) is 0 Å². The van der Waals surface area contributed by atoms with E-state index >= 15 is 0 Å². The summed E-state index contributed by atoms with van der Waals surface area (Å²) in [4.78, 5) is 43.3. The molecular formula is C24H28N6O3. The molecule has 9 heteroatoms. The van der Waals surface area contributed by atoms with E-state index in [0.717, 1.165) is 36.3 Å². The normalized spacial score (nSPS) is 18.7. The van der Waals surface area contributed by atoms with Crippen molar-refractivity contribution in [3.63, 3.8) is 0 Å². The highest BCUT2D eigenvalue weighted by molar-refractivity contribution is 6.44. The van der Waals surface area contributed by atoms with Crippen molar-refractivity contribution in [3.8, 4) is 0 Å². The molecule has 172 valence electrons. The van der Waals surface area contributed by atoms with Crippen molar-refractivity contribution in [1.82, 2.24) is 4.98 Å². The van der Waals surface area contributed by atoms with Gasteiger partial charge in [-0.15, -0.1) is 0 Å². The van der Waals surface area contributed by atoms with Crippen molar-refractivity contribution in [1.29, 1.82) is 0 Å². The van der Waals surface area contributed by atoms with Gasteiger partial charge in [-0.2, -0.15) is 5.10 Å². The number of nitrogens with zero attached hydrogens (tertiary/aromatic N) is 4. The molecule has 0 spiro atoms. The molecule has 2 aliphatic rings. The summed E-state index contributed by atoms with van der Waals surface area (Å²) in [6.07, 6.45) is 3.75. The number of aromatic nitrogens is 1. The Morgan fingerprint density at radius 2 is 1.97 bits per heavy atom. The predicted molar refractivity (Wildman–Crippen MR) is 127 cm³/mol. The maximum atomic E-state index is 12.8. The monoisotopic (exact) mass is 448 g/mol. The lowest BCUT2D eigenvalue weighted by molar-refractivity contribution is -0.122. The number of carbonyl (C=O) groups excluding carboxylic acids is 3. The molecule has 2 aliphatic heterocycles. The van der Waals surface area contributed by atoms with Crippen molar-refractivity contribution >= 4 is 40.6 Å². The van der Waals surface area contributed by atoms with Crippen LogP contribution in [0.2, 0.25) is 0 Å². The van der Waals surface area contributed by atoms with Crippen LogP contribution >= 0.6 is 0 Å². The number of carbonyl (C=O) groups is 3. The summed E-state index contributed by atoms with van der Waals surface area (Å²) in [5.41, 5.74) is 8.89. The Bertz CT molecular complexity index is 1110. The zero-order valence-corrected chi connectivity index (χ0v) is 18.9. The quantitative estimate of drug-likeness (QED) is 0.728. The molecule has 1 saturated heterocycles. The number of amides is 3. The second-order valence-electron chi connectivity index (χ2n) is 8.59. The predicted octanol–water partition coefficient (Wildman–Crippen LogP) is 2.52. The Kier molecular flexibility index (Phi) is 6.39. The fourth-order valence-corrected chi connectivity index (χ4v) is 4.12. The van der Waals surface area contributed by atoms with E-state index in [2.05, 4.69) is 15.4 Å². The van der Waals surface area contributed by atoms with Gasteiger partial charge in [0, 0.05) is 25.9 Å². The van der Waals surface area contributed by atoms with E-state index in [1.807, 2.05) is 43.0 Å². The number of pyridine rings is 1.